The van der Waals surface area contributed by atoms with E-state index in [9.17, 15) is 4.79 Å². The molecule has 1 heterocycles. The molecule has 1 amide bonds. The van der Waals surface area contributed by atoms with E-state index in [2.05, 4.69) is 31.2 Å². The predicted octanol–water partition coefficient (Wildman–Crippen LogP) is 1.95. The van der Waals surface area contributed by atoms with E-state index < -0.39 is 0 Å². The molecule has 2 bridgehead atoms. The van der Waals surface area contributed by atoms with Gasteiger partial charge in [-0.25, -0.2) is 0 Å². The summed E-state index contributed by atoms with van der Waals surface area (Å²) >= 11 is 0. The van der Waals surface area contributed by atoms with E-state index >= 15 is 0 Å². The molecule has 3 unspecified atom stereocenters. The zero-order valence-electron chi connectivity index (χ0n) is 12.7. The molecule has 1 aromatic rings. The summed E-state index contributed by atoms with van der Waals surface area (Å²) in [5, 5.41) is 7.29. The molecule has 110 valence electrons. The van der Waals surface area contributed by atoms with Crippen molar-refractivity contribution in [2.24, 2.45) is 23.8 Å². The molecule has 0 radical (unpaired) electrons. The maximum absolute atomic E-state index is 12.6. The maximum atomic E-state index is 12.6. The van der Waals surface area contributed by atoms with Gasteiger partial charge < -0.3 is 11.1 Å². The molecule has 3 rings (SSSR count). The van der Waals surface area contributed by atoms with Gasteiger partial charge >= 0.3 is 0 Å². The van der Waals surface area contributed by atoms with E-state index in [-0.39, 0.29) is 22.8 Å². The van der Waals surface area contributed by atoms with Gasteiger partial charge in [0.15, 0.2) is 0 Å². The fourth-order valence-corrected chi connectivity index (χ4v) is 4.59. The van der Waals surface area contributed by atoms with E-state index in [1.807, 2.05) is 0 Å². The summed E-state index contributed by atoms with van der Waals surface area (Å²) in [4.78, 5) is 12.6. The fourth-order valence-electron chi connectivity index (χ4n) is 4.59. The predicted molar refractivity (Wildman–Crippen MR) is 78.1 cm³/mol. The Morgan fingerprint density at radius 3 is 2.70 bits per heavy atom. The van der Waals surface area contributed by atoms with Crippen LogP contribution in [0.4, 0.5) is 5.69 Å². The third-order valence-electron chi connectivity index (χ3n) is 5.73. The van der Waals surface area contributed by atoms with Gasteiger partial charge in [0.1, 0.15) is 5.69 Å². The maximum Gasteiger partial charge on any atom is 0.271 e. The lowest BCUT2D eigenvalue weighted by Gasteiger charge is -2.43. The Morgan fingerprint density at radius 2 is 2.20 bits per heavy atom. The highest BCUT2D eigenvalue weighted by molar-refractivity contribution is 5.97. The van der Waals surface area contributed by atoms with Gasteiger partial charge in [-0.15, -0.1) is 0 Å². The third kappa shape index (κ3) is 1.68. The summed E-state index contributed by atoms with van der Waals surface area (Å²) in [7, 11) is 1.75. The highest BCUT2D eigenvalue weighted by Crippen LogP contribution is 2.62. The van der Waals surface area contributed by atoms with Gasteiger partial charge in [0.05, 0.1) is 11.9 Å². The summed E-state index contributed by atoms with van der Waals surface area (Å²) < 4.78 is 1.55. The van der Waals surface area contributed by atoms with Crippen LogP contribution in [0.3, 0.4) is 0 Å². The molecule has 5 nitrogen and oxygen atoms in total. The van der Waals surface area contributed by atoms with E-state index in [1.54, 1.807) is 11.7 Å². The highest BCUT2D eigenvalue weighted by Gasteiger charge is 2.59. The highest BCUT2D eigenvalue weighted by atomic mass is 16.2. The van der Waals surface area contributed by atoms with Crippen LogP contribution in [0.15, 0.2) is 6.20 Å². The first-order valence-corrected chi connectivity index (χ1v) is 7.34. The van der Waals surface area contributed by atoms with Crippen LogP contribution in [-0.4, -0.2) is 21.7 Å². The van der Waals surface area contributed by atoms with Crippen molar-refractivity contribution in [3.8, 4) is 0 Å². The van der Waals surface area contributed by atoms with E-state index in [4.69, 9.17) is 5.73 Å². The van der Waals surface area contributed by atoms with Crippen LogP contribution in [0.25, 0.3) is 0 Å². The Kier molecular flexibility index (Phi) is 2.69. The Bertz CT molecular complexity index is 538. The smallest absolute Gasteiger partial charge is 0.271 e. The van der Waals surface area contributed by atoms with Crippen molar-refractivity contribution in [1.82, 2.24) is 15.1 Å². The monoisotopic (exact) mass is 276 g/mol. The molecule has 5 heteroatoms. The minimum Gasteiger partial charge on any atom is -0.396 e. The topological polar surface area (TPSA) is 72.9 Å². The summed E-state index contributed by atoms with van der Waals surface area (Å²) in [6, 6.07) is 0.204. The zero-order chi connectivity index (χ0) is 14.7. The average molecular weight is 276 g/mol. The van der Waals surface area contributed by atoms with Gasteiger partial charge in [0.25, 0.3) is 5.91 Å². The molecule has 0 saturated heterocycles. The number of carbonyl (C=O) groups is 1. The second-order valence-corrected chi connectivity index (χ2v) is 7.39. The van der Waals surface area contributed by atoms with Crippen LogP contribution in [0.1, 0.15) is 50.5 Å². The van der Waals surface area contributed by atoms with Gasteiger partial charge in [0, 0.05) is 13.1 Å². The molecule has 0 aliphatic heterocycles. The van der Waals surface area contributed by atoms with Gasteiger partial charge in [-0.3, -0.25) is 9.48 Å². The van der Waals surface area contributed by atoms with Crippen molar-refractivity contribution in [2.75, 3.05) is 5.73 Å². The normalized spacial score (nSPS) is 34.4. The van der Waals surface area contributed by atoms with E-state index in [0.717, 1.165) is 0 Å². The van der Waals surface area contributed by atoms with Crippen LogP contribution in [0.5, 0.6) is 0 Å². The number of nitrogens with zero attached hydrogens (tertiary/aromatic N) is 2. The molecular weight excluding hydrogens is 252 g/mol. The molecule has 3 atom stereocenters. The van der Waals surface area contributed by atoms with Crippen molar-refractivity contribution in [3.63, 3.8) is 0 Å². The van der Waals surface area contributed by atoms with Crippen molar-refractivity contribution >= 4 is 11.6 Å². The van der Waals surface area contributed by atoms with Crippen LogP contribution in [0.2, 0.25) is 0 Å². The number of hydrogen-bond acceptors (Lipinski definition) is 3. The Balaban J connectivity index is 1.86. The molecule has 0 spiro atoms. The van der Waals surface area contributed by atoms with Crippen molar-refractivity contribution in [2.45, 2.75) is 46.1 Å². The molecule has 3 N–H and O–H groups in total. The summed E-state index contributed by atoms with van der Waals surface area (Å²) in [6.07, 6.45) is 5.23. The lowest BCUT2D eigenvalue weighted by atomic mass is 9.68. The second kappa shape index (κ2) is 3.99. The number of fused-ring (bicyclic) bond motifs is 2. The number of aryl methyl sites for hydroxylation is 1. The number of nitrogens with one attached hydrogen (secondary N) is 1. The number of amides is 1. The largest absolute Gasteiger partial charge is 0.396 e. The Labute approximate surface area is 119 Å². The zero-order valence-corrected chi connectivity index (χ0v) is 12.7. The first-order chi connectivity index (χ1) is 9.25. The molecule has 1 aromatic heterocycles. The number of hydrogen-bond donors (Lipinski definition) is 2. The Morgan fingerprint density at radius 1 is 1.50 bits per heavy atom. The third-order valence-corrected chi connectivity index (χ3v) is 5.73. The number of nitrogens with two attached hydrogens (primary N) is 1. The van der Waals surface area contributed by atoms with Crippen molar-refractivity contribution in [1.29, 1.82) is 0 Å². The SMILES string of the molecule is Cn1ncc(N)c1C(=O)NC1C2(C)CCC(C2)C1(C)C. The van der Waals surface area contributed by atoms with E-state index in [0.29, 0.717) is 17.3 Å². The second-order valence-electron chi connectivity index (χ2n) is 7.39. The molecule has 2 saturated carbocycles. The molecule has 2 aliphatic carbocycles. The average Bonchev–Trinajstić information content (AvgIpc) is 2.95. The van der Waals surface area contributed by atoms with E-state index in [1.165, 1.54) is 25.5 Å². The van der Waals surface area contributed by atoms with Gasteiger partial charge in [0.2, 0.25) is 0 Å². The van der Waals surface area contributed by atoms with Crippen molar-refractivity contribution in [3.05, 3.63) is 11.9 Å². The minimum atomic E-state index is -0.102. The molecule has 2 fully saturated rings. The minimum absolute atomic E-state index is 0.102. The van der Waals surface area contributed by atoms with Crippen LogP contribution < -0.4 is 11.1 Å². The molecule has 2 aliphatic rings. The number of aromatic nitrogens is 2. The van der Waals surface area contributed by atoms with Crippen LogP contribution in [0, 0.1) is 16.7 Å². The van der Waals surface area contributed by atoms with Crippen molar-refractivity contribution < 1.29 is 4.79 Å². The fraction of sp³-hybridized carbons (Fsp3) is 0.733. The number of nitrogen functional groups attached to an aromatic ring is 1. The summed E-state index contributed by atoms with van der Waals surface area (Å²) in [5.41, 5.74) is 7.12. The standard InChI is InChI=1S/C15H24N4O/c1-14(2)9-5-6-15(3,7-9)13(14)18-12(20)11-10(16)8-17-19(11)4/h8-9,13H,5-7,16H2,1-4H3,(H,18,20). The molecule has 0 aromatic carbocycles. The van der Waals surface area contributed by atoms with Crippen LogP contribution >= 0.6 is 0 Å². The Hall–Kier alpha value is -1.52. The number of rotatable bonds is 2. The quantitative estimate of drug-likeness (QED) is 0.867. The van der Waals surface area contributed by atoms with Gasteiger partial charge in [-0.2, -0.15) is 5.10 Å². The first-order valence-electron chi connectivity index (χ1n) is 7.34. The summed E-state index contributed by atoms with van der Waals surface area (Å²) in [6.45, 7) is 6.86. The number of carbonyl (C=O) groups excluding carboxylic acids is 1. The lowest BCUT2D eigenvalue weighted by molar-refractivity contribution is 0.0730. The van der Waals surface area contributed by atoms with Crippen LogP contribution in [-0.2, 0) is 7.05 Å². The van der Waals surface area contributed by atoms with Gasteiger partial charge in [-0.1, -0.05) is 20.8 Å². The number of anilines is 1. The lowest BCUT2D eigenvalue weighted by Crippen LogP contribution is -2.52. The molecular formula is C15H24N4O. The first kappa shape index (κ1) is 13.5. The summed E-state index contributed by atoms with van der Waals surface area (Å²) in [5.74, 6) is 0.607. The van der Waals surface area contributed by atoms with Gasteiger partial charge in [-0.05, 0) is 36.0 Å². The molecule has 20 heavy (non-hydrogen) atoms.